The maximum atomic E-state index is 12.4. The van der Waals surface area contributed by atoms with Gasteiger partial charge in [0, 0.05) is 20.3 Å². The second-order valence-electron chi connectivity index (χ2n) is 6.25. The van der Waals surface area contributed by atoms with Gasteiger partial charge in [-0.3, -0.25) is 10.1 Å². The summed E-state index contributed by atoms with van der Waals surface area (Å²) < 4.78 is 5.19. The summed E-state index contributed by atoms with van der Waals surface area (Å²) in [5.74, 6) is 0.310. The molecular weight excluding hydrogens is 240 g/mol. The predicted molar refractivity (Wildman–Crippen MR) is 75.8 cm³/mol. The van der Waals surface area contributed by atoms with E-state index >= 15 is 0 Å². The zero-order valence-electron chi connectivity index (χ0n) is 12.6. The summed E-state index contributed by atoms with van der Waals surface area (Å²) in [4.78, 5) is 14.5. The van der Waals surface area contributed by atoms with Gasteiger partial charge in [-0.15, -0.1) is 0 Å². The van der Waals surface area contributed by atoms with Crippen molar-refractivity contribution in [1.82, 2.24) is 10.2 Å². The molecule has 4 nitrogen and oxygen atoms in total. The summed E-state index contributed by atoms with van der Waals surface area (Å²) in [6.07, 6.45) is 7.00. The van der Waals surface area contributed by atoms with Crippen LogP contribution in [0.3, 0.4) is 0 Å². The highest BCUT2D eigenvalue weighted by molar-refractivity contribution is 5.84. The fourth-order valence-corrected chi connectivity index (χ4v) is 3.02. The largest absolute Gasteiger partial charge is 0.385 e. The SMILES string of the molecule is CCCCC1NC(C)N(CC2(CCOC)CC2)C1=O. The molecule has 19 heavy (non-hydrogen) atoms. The van der Waals surface area contributed by atoms with Crippen molar-refractivity contribution in [2.75, 3.05) is 20.3 Å². The van der Waals surface area contributed by atoms with Crippen LogP contribution in [0.4, 0.5) is 0 Å². The summed E-state index contributed by atoms with van der Waals surface area (Å²) in [6, 6.07) is 0.0492. The molecule has 0 aromatic heterocycles. The van der Waals surface area contributed by atoms with Gasteiger partial charge in [0.2, 0.25) is 5.91 Å². The van der Waals surface area contributed by atoms with E-state index in [-0.39, 0.29) is 12.2 Å². The van der Waals surface area contributed by atoms with Gasteiger partial charge in [0.05, 0.1) is 12.2 Å². The molecule has 0 spiro atoms. The van der Waals surface area contributed by atoms with Crippen molar-refractivity contribution in [3.63, 3.8) is 0 Å². The van der Waals surface area contributed by atoms with E-state index in [9.17, 15) is 4.79 Å². The van der Waals surface area contributed by atoms with Crippen molar-refractivity contribution in [1.29, 1.82) is 0 Å². The van der Waals surface area contributed by atoms with E-state index in [0.717, 1.165) is 38.8 Å². The summed E-state index contributed by atoms with van der Waals surface area (Å²) in [7, 11) is 1.75. The van der Waals surface area contributed by atoms with E-state index in [2.05, 4.69) is 24.1 Å². The number of hydrogen-bond acceptors (Lipinski definition) is 3. The minimum Gasteiger partial charge on any atom is -0.385 e. The number of carbonyl (C=O) groups excluding carboxylic acids is 1. The molecule has 1 aliphatic carbocycles. The Bertz CT molecular complexity index is 315. The normalized spacial score (nSPS) is 29.0. The Labute approximate surface area is 116 Å². The van der Waals surface area contributed by atoms with Crippen LogP contribution < -0.4 is 5.32 Å². The van der Waals surface area contributed by atoms with Crippen molar-refractivity contribution >= 4 is 5.91 Å². The lowest BCUT2D eigenvalue weighted by atomic mass is 10.0. The molecule has 1 saturated carbocycles. The molecule has 0 aromatic carbocycles. The first-order valence-corrected chi connectivity index (χ1v) is 7.67. The third kappa shape index (κ3) is 3.48. The number of ether oxygens (including phenoxy) is 1. The van der Waals surface area contributed by atoms with Crippen LogP contribution in [0.15, 0.2) is 0 Å². The summed E-state index contributed by atoms with van der Waals surface area (Å²) in [6.45, 7) is 6.00. The summed E-state index contributed by atoms with van der Waals surface area (Å²) >= 11 is 0. The van der Waals surface area contributed by atoms with Crippen molar-refractivity contribution in [3.05, 3.63) is 0 Å². The standard InChI is InChI=1S/C15H28N2O2/c1-4-5-6-13-14(18)17(12(2)16-13)11-15(7-8-15)9-10-19-3/h12-13,16H,4-11H2,1-3H3. The number of nitrogens with one attached hydrogen (secondary N) is 1. The number of amides is 1. The highest BCUT2D eigenvalue weighted by Crippen LogP contribution is 2.49. The molecule has 1 N–H and O–H groups in total. The fourth-order valence-electron chi connectivity index (χ4n) is 3.02. The molecule has 1 saturated heterocycles. The lowest BCUT2D eigenvalue weighted by Gasteiger charge is -2.26. The van der Waals surface area contributed by atoms with Gasteiger partial charge in [0.25, 0.3) is 0 Å². The molecular formula is C15H28N2O2. The van der Waals surface area contributed by atoms with Crippen molar-refractivity contribution in [3.8, 4) is 0 Å². The van der Waals surface area contributed by atoms with Crippen LogP contribution in [0.25, 0.3) is 0 Å². The molecule has 1 aliphatic heterocycles. The first-order chi connectivity index (χ1) is 9.12. The minimum absolute atomic E-state index is 0.0492. The predicted octanol–water partition coefficient (Wildman–Crippen LogP) is 2.14. The van der Waals surface area contributed by atoms with E-state index in [4.69, 9.17) is 4.74 Å². The van der Waals surface area contributed by atoms with E-state index in [0.29, 0.717) is 11.3 Å². The maximum absolute atomic E-state index is 12.4. The Kier molecular flexibility index (Phi) is 4.85. The Morgan fingerprint density at radius 1 is 1.47 bits per heavy atom. The average molecular weight is 268 g/mol. The highest BCUT2D eigenvalue weighted by Gasteiger charge is 2.47. The van der Waals surface area contributed by atoms with Crippen LogP contribution in [-0.2, 0) is 9.53 Å². The van der Waals surface area contributed by atoms with Gasteiger partial charge in [0.15, 0.2) is 0 Å². The van der Waals surface area contributed by atoms with Gasteiger partial charge in [0.1, 0.15) is 0 Å². The van der Waals surface area contributed by atoms with E-state index < -0.39 is 0 Å². The number of hydrogen-bond donors (Lipinski definition) is 1. The Morgan fingerprint density at radius 3 is 2.79 bits per heavy atom. The van der Waals surface area contributed by atoms with Crippen LogP contribution in [0.2, 0.25) is 0 Å². The molecule has 1 heterocycles. The first-order valence-electron chi connectivity index (χ1n) is 7.67. The molecule has 110 valence electrons. The third-order valence-corrected chi connectivity index (χ3v) is 4.64. The van der Waals surface area contributed by atoms with Gasteiger partial charge >= 0.3 is 0 Å². The summed E-state index contributed by atoms with van der Waals surface area (Å²) in [5.41, 5.74) is 0.348. The topological polar surface area (TPSA) is 41.6 Å². The number of methoxy groups -OCH3 is 1. The van der Waals surface area contributed by atoms with Crippen LogP contribution in [0.1, 0.15) is 52.4 Å². The lowest BCUT2D eigenvalue weighted by Crippen LogP contribution is -2.39. The second-order valence-corrected chi connectivity index (χ2v) is 6.25. The van der Waals surface area contributed by atoms with Crippen LogP contribution in [-0.4, -0.2) is 43.3 Å². The quantitative estimate of drug-likeness (QED) is 0.733. The monoisotopic (exact) mass is 268 g/mol. The van der Waals surface area contributed by atoms with Crippen molar-refractivity contribution < 1.29 is 9.53 Å². The molecule has 0 bridgehead atoms. The number of carbonyl (C=O) groups is 1. The van der Waals surface area contributed by atoms with Gasteiger partial charge in [-0.2, -0.15) is 0 Å². The Balaban J connectivity index is 1.88. The fraction of sp³-hybridized carbons (Fsp3) is 0.933. The van der Waals surface area contributed by atoms with Gasteiger partial charge in [-0.05, 0) is 38.0 Å². The van der Waals surface area contributed by atoms with Crippen LogP contribution in [0.5, 0.6) is 0 Å². The van der Waals surface area contributed by atoms with Gasteiger partial charge in [-0.25, -0.2) is 0 Å². The molecule has 2 rings (SSSR count). The second kappa shape index (κ2) is 6.23. The average Bonchev–Trinajstić information content (AvgIpc) is 3.12. The molecule has 1 amide bonds. The summed E-state index contributed by atoms with van der Waals surface area (Å²) in [5, 5.41) is 3.44. The minimum atomic E-state index is 0.0492. The van der Waals surface area contributed by atoms with E-state index in [1.807, 2.05) is 0 Å². The van der Waals surface area contributed by atoms with Crippen molar-refractivity contribution in [2.24, 2.45) is 5.41 Å². The number of unbranched alkanes of at least 4 members (excludes halogenated alkanes) is 1. The van der Waals surface area contributed by atoms with E-state index in [1.54, 1.807) is 7.11 Å². The van der Waals surface area contributed by atoms with Crippen molar-refractivity contribution in [2.45, 2.75) is 64.6 Å². The molecule has 4 heteroatoms. The lowest BCUT2D eigenvalue weighted by molar-refractivity contribution is -0.130. The molecule has 0 aromatic rings. The zero-order chi connectivity index (χ0) is 13.9. The van der Waals surface area contributed by atoms with Gasteiger partial charge in [-0.1, -0.05) is 19.8 Å². The van der Waals surface area contributed by atoms with E-state index in [1.165, 1.54) is 12.8 Å². The smallest absolute Gasteiger partial charge is 0.241 e. The van der Waals surface area contributed by atoms with Crippen LogP contribution in [0, 0.1) is 5.41 Å². The maximum Gasteiger partial charge on any atom is 0.241 e. The highest BCUT2D eigenvalue weighted by atomic mass is 16.5. The third-order valence-electron chi connectivity index (χ3n) is 4.64. The van der Waals surface area contributed by atoms with Crippen LogP contribution >= 0.6 is 0 Å². The molecule has 2 unspecified atom stereocenters. The first kappa shape index (κ1) is 14.8. The zero-order valence-corrected chi connectivity index (χ0v) is 12.6. The Morgan fingerprint density at radius 2 is 2.21 bits per heavy atom. The molecule has 0 radical (unpaired) electrons. The number of nitrogens with zero attached hydrogens (tertiary/aromatic N) is 1. The Hall–Kier alpha value is -0.610. The molecule has 2 aliphatic rings. The van der Waals surface area contributed by atoms with Gasteiger partial charge < -0.3 is 9.64 Å². The molecule has 2 atom stereocenters. The number of rotatable bonds is 8. The molecule has 2 fully saturated rings.